The van der Waals surface area contributed by atoms with Crippen LogP contribution in [0.5, 0.6) is 0 Å². The van der Waals surface area contributed by atoms with Crippen LogP contribution in [-0.2, 0) is 38.6 Å². The van der Waals surface area contributed by atoms with Crippen LogP contribution >= 0.6 is 23.5 Å². The second kappa shape index (κ2) is 12.1. The second-order valence-electron chi connectivity index (χ2n) is 6.63. The summed E-state index contributed by atoms with van der Waals surface area (Å²) in [5.41, 5.74) is 4.88. The number of aliphatic hydroxyl groups is 2. The van der Waals surface area contributed by atoms with Gasteiger partial charge in [-0.1, -0.05) is 4.98 Å². The fraction of sp³-hybridized carbons (Fsp3) is 0.545. The number of H-pyrrole nitrogens is 1. The van der Waals surface area contributed by atoms with E-state index in [0.29, 0.717) is 0 Å². The number of imidazole rings is 1. The van der Waals surface area contributed by atoms with E-state index in [4.69, 9.17) is 15.4 Å². The summed E-state index contributed by atoms with van der Waals surface area (Å²) in [6.45, 7) is -1.11. The minimum Gasteiger partial charge on any atom is -0.756 e. The van der Waals surface area contributed by atoms with E-state index in [1.165, 1.54) is 17.9 Å². The molecule has 7 atom stereocenters. The summed E-state index contributed by atoms with van der Waals surface area (Å²) in [4.78, 5) is 60.0. The van der Waals surface area contributed by atoms with Crippen molar-refractivity contribution in [2.24, 2.45) is 7.05 Å². The molecule has 186 valence electrons. The number of fused-ring (bicyclic) bond motifs is 1. The Kier molecular flexibility index (Phi) is 11.6. The van der Waals surface area contributed by atoms with E-state index in [9.17, 15) is 43.4 Å². The first-order valence-corrected chi connectivity index (χ1v) is 12.9. The first-order valence-electron chi connectivity index (χ1n) is 8.50. The number of aliphatic hydroxyl groups excluding tert-OH is 2. The molecule has 35 heavy (non-hydrogen) atoms. The number of hydrogen-bond acceptors (Lipinski definition) is 15. The van der Waals surface area contributed by atoms with Crippen LogP contribution in [0.3, 0.4) is 0 Å². The molecule has 0 radical (unpaired) electrons. The molecule has 0 amide bonds. The zero-order valence-corrected chi connectivity index (χ0v) is 24.9. The first-order chi connectivity index (χ1) is 15.0. The van der Waals surface area contributed by atoms with E-state index in [1.54, 1.807) is 0 Å². The molecule has 2 aromatic rings. The minimum absolute atomic E-state index is 0. The predicted octanol–water partition coefficient (Wildman–Crippen LogP) is -10.8. The zero-order valence-electron chi connectivity index (χ0n) is 18.2. The average molecular weight is 581 g/mol. The van der Waals surface area contributed by atoms with Gasteiger partial charge in [0.1, 0.15) is 18.3 Å². The Labute approximate surface area is 239 Å². The molecule has 0 aromatic carbocycles. The van der Waals surface area contributed by atoms with Gasteiger partial charge in [-0.25, -0.2) is 13.2 Å². The maximum Gasteiger partial charge on any atom is 1.00 e. The molecule has 0 saturated carbocycles. The van der Waals surface area contributed by atoms with Crippen molar-refractivity contribution in [3.05, 3.63) is 16.7 Å². The summed E-state index contributed by atoms with van der Waals surface area (Å²) in [7, 11) is -16.4. The average Bonchev–Trinajstić information content (AvgIpc) is 3.07. The van der Waals surface area contributed by atoms with Gasteiger partial charge in [0.05, 0.1) is 13.7 Å². The van der Waals surface area contributed by atoms with Crippen molar-refractivity contribution < 1.29 is 125 Å². The van der Waals surface area contributed by atoms with Crippen LogP contribution in [0.1, 0.15) is 6.23 Å². The maximum atomic E-state index is 12.1. The Balaban J connectivity index is 0.00000306. The van der Waals surface area contributed by atoms with Crippen LogP contribution < -0.4 is 89.7 Å². The molecular weight excluding hydrogens is 565 g/mol. The van der Waals surface area contributed by atoms with Crippen molar-refractivity contribution in [1.82, 2.24) is 14.5 Å². The van der Waals surface area contributed by atoms with E-state index in [0.717, 1.165) is 4.57 Å². The Hall–Kier alpha value is 0.440. The number of aromatic nitrogens is 4. The number of nitrogens with zero attached hydrogens (tertiary/aromatic N) is 3. The molecule has 1 saturated heterocycles. The second-order valence-corrected chi connectivity index (χ2v) is 10.9. The largest absolute Gasteiger partial charge is 1.00 e. The Morgan fingerprint density at radius 2 is 1.80 bits per heavy atom. The molecule has 3 unspecified atom stereocenters. The Bertz CT molecular complexity index is 1270. The Morgan fingerprint density at radius 3 is 2.37 bits per heavy atom. The number of hydrogen-bond donors (Lipinski definition) is 5. The van der Waals surface area contributed by atoms with Gasteiger partial charge in [-0.2, -0.15) is 0 Å². The third kappa shape index (κ3) is 8.21. The van der Waals surface area contributed by atoms with Crippen LogP contribution in [0.4, 0.5) is 5.95 Å². The maximum absolute atomic E-state index is 12.1. The summed E-state index contributed by atoms with van der Waals surface area (Å²) in [6, 6.07) is 0. The van der Waals surface area contributed by atoms with E-state index in [2.05, 4.69) is 23.1 Å². The third-order valence-electron chi connectivity index (χ3n) is 4.20. The van der Waals surface area contributed by atoms with Crippen molar-refractivity contribution in [2.45, 2.75) is 24.5 Å². The first kappa shape index (κ1) is 33.5. The van der Waals surface area contributed by atoms with Crippen LogP contribution in [0.15, 0.2) is 11.1 Å². The molecule has 0 aliphatic carbocycles. The van der Waals surface area contributed by atoms with Gasteiger partial charge < -0.3 is 44.8 Å². The van der Waals surface area contributed by atoms with Crippen molar-refractivity contribution in [1.29, 1.82) is 0 Å². The zero-order chi connectivity index (χ0) is 24.9. The summed E-state index contributed by atoms with van der Waals surface area (Å²) in [6.07, 6.45) is -5.23. The van der Waals surface area contributed by atoms with Gasteiger partial charge in [0.2, 0.25) is 11.7 Å². The number of phosphoric ester groups is 1. The summed E-state index contributed by atoms with van der Waals surface area (Å²) in [5, 5.41) is 20.5. The molecule has 1 aliphatic rings. The molecule has 1 aliphatic heterocycles. The van der Waals surface area contributed by atoms with Gasteiger partial charge in [0.25, 0.3) is 35.0 Å². The van der Waals surface area contributed by atoms with Gasteiger partial charge in [0, 0.05) is 0 Å². The van der Waals surface area contributed by atoms with Gasteiger partial charge in [-0.05, 0) is 0 Å². The van der Waals surface area contributed by atoms with Crippen molar-refractivity contribution in [2.75, 3.05) is 12.3 Å². The third-order valence-corrected chi connectivity index (χ3v) is 7.89. The number of nitrogen functional groups attached to an aromatic ring is 1. The molecule has 19 nitrogen and oxygen atoms in total. The monoisotopic (exact) mass is 581 g/mol. The predicted molar refractivity (Wildman–Crippen MR) is 95.0 cm³/mol. The number of ether oxygens (including phenoxy) is 1. The van der Waals surface area contributed by atoms with E-state index < -0.39 is 60.2 Å². The fourth-order valence-corrected chi connectivity index (χ4v) is 5.90. The summed E-state index contributed by atoms with van der Waals surface area (Å²) in [5.74, 6) is -0.264. The number of nitrogens with two attached hydrogens (primary N) is 1. The molecular formula is C11H16N5Na2O14P3. The van der Waals surface area contributed by atoms with Crippen molar-refractivity contribution >= 4 is 40.6 Å². The number of aromatic amines is 1. The van der Waals surface area contributed by atoms with E-state index in [1.807, 2.05) is 0 Å². The van der Waals surface area contributed by atoms with Crippen LogP contribution in [-0.4, -0.2) is 54.6 Å². The molecule has 0 bridgehead atoms. The molecule has 6 N–H and O–H groups in total. The number of anilines is 1. The van der Waals surface area contributed by atoms with E-state index >= 15 is 0 Å². The van der Waals surface area contributed by atoms with Crippen LogP contribution in [0.2, 0.25) is 0 Å². The molecule has 24 heteroatoms. The van der Waals surface area contributed by atoms with Crippen LogP contribution in [0, 0.1) is 0 Å². The quantitative estimate of drug-likeness (QED) is 0.110. The molecule has 3 rings (SSSR count). The van der Waals surface area contributed by atoms with Gasteiger partial charge in [0.15, 0.2) is 6.33 Å². The van der Waals surface area contributed by atoms with Crippen LogP contribution in [0.25, 0.3) is 11.2 Å². The smallest absolute Gasteiger partial charge is 0.756 e. The number of nitrogens with one attached hydrogen (secondary N) is 1. The molecule has 2 aromatic heterocycles. The van der Waals surface area contributed by atoms with E-state index in [-0.39, 0.29) is 76.2 Å². The fourth-order valence-electron chi connectivity index (χ4n) is 3.00. The minimum atomic E-state index is -6.11. The van der Waals surface area contributed by atoms with Gasteiger partial charge >= 0.3 is 64.8 Å². The summed E-state index contributed by atoms with van der Waals surface area (Å²) < 4.78 is 52.0. The molecule has 0 spiro atoms. The number of rotatable bonds is 8. The molecule has 1 fully saturated rings. The standard InChI is InChI=1S/C11H18N5O14P3.2Na/c1-15-3-16(8-5(15)9(19)14-11(12)13-8)10-7(18)6(17)4(28-10)2-27-32(23,24)30-33(25,26)29-31(20,21)22;;/h3-4,6-7,10,17-18H,2H2,1H3,(H6-,12,13,14,19,20,21,22,23,24,25,26);;/q;2*+1/p-2/t4-,6-,7-,10-;;/m1../s1. The molecule has 3 heterocycles. The number of aryl methyl sites for hydroxylation is 1. The van der Waals surface area contributed by atoms with Crippen molar-refractivity contribution in [3.8, 4) is 0 Å². The SMILES string of the molecule is Cn1c[n+]([C@@H]2O[C@H](COP(=O)([O-])OP(=O)([O-])OP(=O)([O-])O)[C@@H](O)[C@H]2O)c2nc(N)[nH]c(=O)c21.[Na+].[Na+]. The van der Waals surface area contributed by atoms with Crippen molar-refractivity contribution in [3.63, 3.8) is 0 Å². The number of phosphoric acid groups is 3. The normalized spacial score (nSPS) is 27.3. The summed E-state index contributed by atoms with van der Waals surface area (Å²) >= 11 is 0. The Morgan fingerprint density at radius 1 is 1.20 bits per heavy atom. The van der Waals surface area contributed by atoms with Gasteiger partial charge in [-0.15, -0.1) is 0 Å². The van der Waals surface area contributed by atoms with Gasteiger partial charge in [-0.3, -0.25) is 28.0 Å². The topological polar surface area (TPSA) is 299 Å².